The van der Waals surface area contributed by atoms with Crippen molar-refractivity contribution in [2.45, 2.75) is 51.1 Å². The molecule has 0 bridgehead atoms. The van der Waals surface area contributed by atoms with Crippen LogP contribution in [0.2, 0.25) is 0 Å². The van der Waals surface area contributed by atoms with Crippen molar-refractivity contribution < 1.29 is 8.78 Å². The second-order valence-corrected chi connectivity index (χ2v) is 4.77. The molecule has 0 atom stereocenters. The van der Waals surface area contributed by atoms with E-state index in [-0.39, 0.29) is 5.56 Å². The van der Waals surface area contributed by atoms with Crippen molar-refractivity contribution in [3.05, 3.63) is 35.4 Å². The zero-order chi connectivity index (χ0) is 12.1. The molecule has 1 saturated carbocycles. The number of halogens is 2. The zero-order valence-electron chi connectivity index (χ0n) is 10.0. The van der Waals surface area contributed by atoms with Gasteiger partial charge in [-0.05, 0) is 25.0 Å². The molecule has 1 aromatic rings. The molecule has 1 aliphatic carbocycles. The Hall–Kier alpha value is -0.960. The first-order chi connectivity index (χ1) is 8.27. The third kappa shape index (κ3) is 3.50. The minimum Gasteiger partial charge on any atom is -0.310 e. The average Bonchev–Trinajstić information content (AvgIpc) is 2.57. The molecule has 1 aliphatic rings. The molecule has 17 heavy (non-hydrogen) atoms. The maximum atomic E-state index is 13.4. The summed E-state index contributed by atoms with van der Waals surface area (Å²) in [5.74, 6) is -0.905. The lowest BCUT2D eigenvalue weighted by Gasteiger charge is -2.16. The zero-order valence-corrected chi connectivity index (χ0v) is 10.0. The van der Waals surface area contributed by atoms with E-state index in [1.54, 1.807) is 0 Å². The van der Waals surface area contributed by atoms with Crippen molar-refractivity contribution in [3.63, 3.8) is 0 Å². The molecule has 1 fully saturated rings. The summed E-state index contributed by atoms with van der Waals surface area (Å²) in [6, 6.07) is 4.44. The number of benzene rings is 1. The molecule has 0 radical (unpaired) electrons. The van der Waals surface area contributed by atoms with E-state index < -0.39 is 11.6 Å². The lowest BCUT2D eigenvalue weighted by Crippen LogP contribution is -2.28. The van der Waals surface area contributed by atoms with Crippen LogP contribution in [0.4, 0.5) is 8.78 Å². The normalized spacial score (nSPS) is 18.0. The van der Waals surface area contributed by atoms with Gasteiger partial charge in [0, 0.05) is 18.2 Å². The quantitative estimate of drug-likeness (QED) is 0.791. The van der Waals surface area contributed by atoms with Crippen molar-refractivity contribution in [3.8, 4) is 0 Å². The number of rotatable bonds is 3. The van der Waals surface area contributed by atoms with E-state index >= 15 is 0 Å². The highest BCUT2D eigenvalue weighted by Gasteiger charge is 2.14. The highest BCUT2D eigenvalue weighted by Crippen LogP contribution is 2.18. The number of nitrogens with one attached hydrogen (secondary N) is 1. The van der Waals surface area contributed by atoms with Crippen LogP contribution >= 0.6 is 0 Å². The first-order valence-corrected chi connectivity index (χ1v) is 6.43. The minimum atomic E-state index is -0.453. The molecule has 0 spiro atoms. The van der Waals surface area contributed by atoms with Gasteiger partial charge in [0.2, 0.25) is 0 Å². The first-order valence-electron chi connectivity index (χ1n) is 6.43. The average molecular weight is 239 g/mol. The maximum Gasteiger partial charge on any atom is 0.130 e. The molecule has 1 aromatic carbocycles. The van der Waals surface area contributed by atoms with Crippen LogP contribution in [0.1, 0.15) is 44.1 Å². The molecular weight excluding hydrogens is 220 g/mol. The fourth-order valence-corrected chi connectivity index (χ4v) is 2.43. The van der Waals surface area contributed by atoms with Gasteiger partial charge < -0.3 is 5.32 Å². The Morgan fingerprint density at radius 2 is 1.59 bits per heavy atom. The van der Waals surface area contributed by atoms with Gasteiger partial charge in [0.1, 0.15) is 11.6 Å². The molecule has 0 saturated heterocycles. The van der Waals surface area contributed by atoms with Crippen LogP contribution in [-0.2, 0) is 6.54 Å². The van der Waals surface area contributed by atoms with Crippen molar-refractivity contribution in [2.24, 2.45) is 0 Å². The molecule has 1 N–H and O–H groups in total. The van der Waals surface area contributed by atoms with Crippen LogP contribution in [0.15, 0.2) is 18.2 Å². The predicted octanol–water partition coefficient (Wildman–Crippen LogP) is 3.78. The lowest BCUT2D eigenvalue weighted by molar-refractivity contribution is 0.442. The van der Waals surface area contributed by atoms with Crippen molar-refractivity contribution in [2.75, 3.05) is 0 Å². The van der Waals surface area contributed by atoms with Crippen LogP contribution in [0.3, 0.4) is 0 Å². The molecule has 3 heteroatoms. The van der Waals surface area contributed by atoms with E-state index in [1.807, 2.05) is 0 Å². The van der Waals surface area contributed by atoms with Crippen molar-refractivity contribution in [1.29, 1.82) is 0 Å². The molecule has 0 unspecified atom stereocenters. The maximum absolute atomic E-state index is 13.4. The summed E-state index contributed by atoms with van der Waals surface area (Å²) in [6.07, 6.45) is 7.25. The van der Waals surface area contributed by atoms with Crippen LogP contribution < -0.4 is 5.32 Å². The van der Waals surface area contributed by atoms with Gasteiger partial charge in [0.15, 0.2) is 0 Å². The monoisotopic (exact) mass is 239 g/mol. The standard InChI is InChI=1S/C14H19F2N/c15-13-8-5-9-14(16)12(13)10-17-11-6-3-1-2-4-7-11/h5,8-9,11,17H,1-4,6-7,10H2. The molecule has 94 valence electrons. The van der Waals surface area contributed by atoms with Gasteiger partial charge in [0.25, 0.3) is 0 Å². The van der Waals surface area contributed by atoms with Gasteiger partial charge in [-0.25, -0.2) is 8.78 Å². The van der Waals surface area contributed by atoms with Crippen molar-refractivity contribution >= 4 is 0 Å². The second kappa shape index (κ2) is 6.10. The molecule has 1 nitrogen and oxygen atoms in total. The summed E-state index contributed by atoms with van der Waals surface area (Å²) in [5.41, 5.74) is 0.164. The van der Waals surface area contributed by atoms with E-state index in [0.717, 1.165) is 12.8 Å². The van der Waals surface area contributed by atoms with E-state index in [0.29, 0.717) is 12.6 Å². The van der Waals surface area contributed by atoms with E-state index in [4.69, 9.17) is 0 Å². The van der Waals surface area contributed by atoms with Crippen LogP contribution in [0, 0.1) is 11.6 Å². The number of hydrogen-bond donors (Lipinski definition) is 1. The third-order valence-electron chi connectivity index (χ3n) is 3.48. The fraction of sp³-hybridized carbons (Fsp3) is 0.571. The minimum absolute atomic E-state index is 0.164. The Morgan fingerprint density at radius 3 is 2.18 bits per heavy atom. The lowest BCUT2D eigenvalue weighted by atomic mass is 10.1. The summed E-state index contributed by atoms with van der Waals surface area (Å²) < 4.78 is 26.8. The third-order valence-corrected chi connectivity index (χ3v) is 3.48. The van der Waals surface area contributed by atoms with Gasteiger partial charge in [-0.1, -0.05) is 31.7 Å². The van der Waals surface area contributed by atoms with Gasteiger partial charge >= 0.3 is 0 Å². The summed E-state index contributed by atoms with van der Waals surface area (Å²) >= 11 is 0. The highest BCUT2D eigenvalue weighted by atomic mass is 19.1. The summed E-state index contributed by atoms with van der Waals surface area (Å²) in [5, 5.41) is 3.28. The predicted molar refractivity (Wildman–Crippen MR) is 64.7 cm³/mol. The Morgan fingerprint density at radius 1 is 1.00 bits per heavy atom. The Labute approximate surface area is 101 Å². The highest BCUT2D eigenvalue weighted by molar-refractivity contribution is 5.19. The van der Waals surface area contributed by atoms with Crippen LogP contribution in [0.25, 0.3) is 0 Å². The van der Waals surface area contributed by atoms with Gasteiger partial charge in [-0.3, -0.25) is 0 Å². The van der Waals surface area contributed by atoms with Crippen LogP contribution in [-0.4, -0.2) is 6.04 Å². The number of hydrogen-bond acceptors (Lipinski definition) is 1. The smallest absolute Gasteiger partial charge is 0.130 e. The van der Waals surface area contributed by atoms with Crippen LogP contribution in [0.5, 0.6) is 0 Å². The van der Waals surface area contributed by atoms with Crippen molar-refractivity contribution in [1.82, 2.24) is 5.32 Å². The molecule has 0 amide bonds. The first kappa shape index (κ1) is 12.5. The topological polar surface area (TPSA) is 12.0 Å². The second-order valence-electron chi connectivity index (χ2n) is 4.77. The summed E-state index contributed by atoms with van der Waals surface area (Å²) in [6.45, 7) is 0.295. The fourth-order valence-electron chi connectivity index (χ4n) is 2.43. The van der Waals surface area contributed by atoms with E-state index in [2.05, 4.69) is 5.32 Å². The Kier molecular flexibility index (Phi) is 4.49. The largest absolute Gasteiger partial charge is 0.310 e. The van der Waals surface area contributed by atoms with Gasteiger partial charge in [-0.15, -0.1) is 0 Å². The van der Waals surface area contributed by atoms with E-state index in [1.165, 1.54) is 43.9 Å². The Bertz CT molecular complexity index is 337. The Balaban J connectivity index is 1.92. The van der Waals surface area contributed by atoms with Gasteiger partial charge in [0.05, 0.1) is 0 Å². The summed E-state index contributed by atoms with van der Waals surface area (Å²) in [7, 11) is 0. The summed E-state index contributed by atoms with van der Waals surface area (Å²) in [4.78, 5) is 0. The molecule has 0 heterocycles. The molecular formula is C14H19F2N. The van der Waals surface area contributed by atoms with E-state index in [9.17, 15) is 8.78 Å². The molecule has 0 aromatic heterocycles. The molecule has 2 rings (SSSR count). The molecule has 0 aliphatic heterocycles. The SMILES string of the molecule is Fc1cccc(F)c1CNC1CCCCCC1. The van der Waals surface area contributed by atoms with Gasteiger partial charge in [-0.2, -0.15) is 0 Å².